The Bertz CT molecular complexity index is 846. The standard InChI is InChI=1S/C14H17N5O/c1-8-12-13(18-17-8)10-7-9(16)3-4-11(10)19(14(12)20)6-2-5-15/h3-4,7H,2,5-6,15-16H2,1H3,(H,17,18). The third-order valence-corrected chi connectivity index (χ3v) is 3.56. The Kier molecular flexibility index (Phi) is 2.94. The average molecular weight is 271 g/mol. The summed E-state index contributed by atoms with van der Waals surface area (Å²) in [5, 5.41) is 8.65. The fraction of sp³-hybridized carbons (Fsp3) is 0.286. The van der Waals surface area contributed by atoms with Crippen LogP contribution in [-0.2, 0) is 6.54 Å². The van der Waals surface area contributed by atoms with E-state index in [1.807, 2.05) is 19.1 Å². The number of nitrogen functional groups attached to an aromatic ring is 1. The number of benzene rings is 1. The molecule has 6 heteroatoms. The summed E-state index contributed by atoms with van der Waals surface area (Å²) in [6.07, 6.45) is 0.752. The van der Waals surface area contributed by atoms with Crippen molar-refractivity contribution in [2.24, 2.45) is 5.73 Å². The molecular weight excluding hydrogens is 254 g/mol. The number of aromatic amines is 1. The Balaban J connectivity index is 2.47. The van der Waals surface area contributed by atoms with Crippen LogP contribution in [0.3, 0.4) is 0 Å². The van der Waals surface area contributed by atoms with Crippen LogP contribution in [0.1, 0.15) is 12.1 Å². The third-order valence-electron chi connectivity index (χ3n) is 3.56. The van der Waals surface area contributed by atoms with Gasteiger partial charge in [0.05, 0.1) is 10.9 Å². The summed E-state index contributed by atoms with van der Waals surface area (Å²) in [6, 6.07) is 5.52. The Morgan fingerprint density at radius 3 is 2.95 bits per heavy atom. The van der Waals surface area contributed by atoms with Gasteiger partial charge < -0.3 is 16.0 Å². The third kappa shape index (κ3) is 1.77. The molecule has 0 aliphatic rings. The number of rotatable bonds is 3. The highest BCUT2D eigenvalue weighted by molar-refractivity contribution is 6.05. The number of H-pyrrole nitrogens is 1. The van der Waals surface area contributed by atoms with E-state index in [-0.39, 0.29) is 5.56 Å². The maximum atomic E-state index is 12.6. The van der Waals surface area contributed by atoms with Crippen molar-refractivity contribution in [3.63, 3.8) is 0 Å². The lowest BCUT2D eigenvalue weighted by Gasteiger charge is -2.11. The summed E-state index contributed by atoms with van der Waals surface area (Å²) >= 11 is 0. The lowest BCUT2D eigenvalue weighted by Crippen LogP contribution is -2.22. The van der Waals surface area contributed by atoms with Gasteiger partial charge >= 0.3 is 0 Å². The first-order valence-corrected chi connectivity index (χ1v) is 6.60. The highest BCUT2D eigenvalue weighted by atomic mass is 16.1. The van der Waals surface area contributed by atoms with Crippen molar-refractivity contribution < 1.29 is 0 Å². The van der Waals surface area contributed by atoms with Gasteiger partial charge in [0.2, 0.25) is 0 Å². The van der Waals surface area contributed by atoms with E-state index in [9.17, 15) is 4.79 Å². The van der Waals surface area contributed by atoms with Crippen molar-refractivity contribution >= 4 is 27.5 Å². The van der Waals surface area contributed by atoms with Gasteiger partial charge in [0, 0.05) is 23.3 Å². The van der Waals surface area contributed by atoms with E-state index in [1.165, 1.54) is 0 Å². The number of anilines is 1. The molecule has 2 aromatic heterocycles. The van der Waals surface area contributed by atoms with Gasteiger partial charge in [-0.05, 0) is 38.1 Å². The van der Waals surface area contributed by atoms with E-state index >= 15 is 0 Å². The molecule has 0 aliphatic carbocycles. The maximum absolute atomic E-state index is 12.6. The molecule has 0 aliphatic heterocycles. The number of hydrogen-bond donors (Lipinski definition) is 3. The molecule has 0 amide bonds. The predicted octanol–water partition coefficient (Wildman–Crippen LogP) is 1.12. The van der Waals surface area contributed by atoms with Crippen LogP contribution in [-0.4, -0.2) is 21.3 Å². The van der Waals surface area contributed by atoms with E-state index in [0.717, 1.165) is 23.0 Å². The molecule has 20 heavy (non-hydrogen) atoms. The molecule has 0 unspecified atom stereocenters. The summed E-state index contributed by atoms with van der Waals surface area (Å²) in [5.41, 5.74) is 14.4. The maximum Gasteiger partial charge on any atom is 0.262 e. The highest BCUT2D eigenvalue weighted by Crippen LogP contribution is 2.24. The zero-order valence-electron chi connectivity index (χ0n) is 11.3. The van der Waals surface area contributed by atoms with Crippen LogP contribution in [0, 0.1) is 6.92 Å². The second kappa shape index (κ2) is 4.64. The summed E-state index contributed by atoms with van der Waals surface area (Å²) in [7, 11) is 0. The molecule has 3 rings (SSSR count). The summed E-state index contributed by atoms with van der Waals surface area (Å²) in [4.78, 5) is 12.6. The first kappa shape index (κ1) is 12.7. The Labute approximate surface area is 115 Å². The van der Waals surface area contributed by atoms with Crippen LogP contribution in [0.2, 0.25) is 0 Å². The number of nitrogens with two attached hydrogens (primary N) is 2. The first-order valence-electron chi connectivity index (χ1n) is 6.60. The molecule has 1 aromatic carbocycles. The van der Waals surface area contributed by atoms with E-state index in [4.69, 9.17) is 11.5 Å². The monoisotopic (exact) mass is 271 g/mol. The zero-order chi connectivity index (χ0) is 14.3. The molecule has 0 bridgehead atoms. The molecule has 104 valence electrons. The normalized spacial score (nSPS) is 11.5. The molecule has 3 aromatic rings. The number of hydrogen-bond acceptors (Lipinski definition) is 4. The molecule has 0 radical (unpaired) electrons. The highest BCUT2D eigenvalue weighted by Gasteiger charge is 2.15. The van der Waals surface area contributed by atoms with Gasteiger partial charge in [0.1, 0.15) is 5.52 Å². The average Bonchev–Trinajstić information content (AvgIpc) is 2.82. The van der Waals surface area contributed by atoms with Gasteiger partial charge in [-0.3, -0.25) is 9.89 Å². The Hall–Kier alpha value is -2.34. The SMILES string of the molecule is Cc1[nH]nc2c1c(=O)n(CCCN)c1ccc(N)cc21. The minimum atomic E-state index is -0.0306. The molecule has 0 atom stereocenters. The molecule has 0 saturated heterocycles. The van der Waals surface area contributed by atoms with Crippen LogP contribution in [0.4, 0.5) is 5.69 Å². The van der Waals surface area contributed by atoms with Gasteiger partial charge in [0.15, 0.2) is 0 Å². The van der Waals surface area contributed by atoms with Crippen LogP contribution in [0.15, 0.2) is 23.0 Å². The van der Waals surface area contributed by atoms with Crippen molar-refractivity contribution in [3.05, 3.63) is 34.2 Å². The Morgan fingerprint density at radius 2 is 2.20 bits per heavy atom. The quantitative estimate of drug-likeness (QED) is 0.621. The van der Waals surface area contributed by atoms with Gasteiger partial charge in [-0.2, -0.15) is 5.10 Å². The topological polar surface area (TPSA) is 103 Å². The second-order valence-corrected chi connectivity index (χ2v) is 4.95. The molecule has 0 saturated carbocycles. The van der Waals surface area contributed by atoms with Gasteiger partial charge in [-0.1, -0.05) is 0 Å². The van der Waals surface area contributed by atoms with E-state index in [2.05, 4.69) is 10.2 Å². The number of aromatic nitrogens is 3. The van der Waals surface area contributed by atoms with E-state index in [1.54, 1.807) is 10.6 Å². The van der Waals surface area contributed by atoms with Gasteiger partial charge in [-0.15, -0.1) is 0 Å². The number of nitrogens with zero attached hydrogens (tertiary/aromatic N) is 2. The van der Waals surface area contributed by atoms with Crippen molar-refractivity contribution in [1.82, 2.24) is 14.8 Å². The van der Waals surface area contributed by atoms with Crippen LogP contribution < -0.4 is 17.0 Å². The molecule has 0 fully saturated rings. The number of aryl methyl sites for hydroxylation is 2. The molecule has 2 heterocycles. The lowest BCUT2D eigenvalue weighted by molar-refractivity contribution is 0.654. The van der Waals surface area contributed by atoms with Crippen LogP contribution in [0.5, 0.6) is 0 Å². The van der Waals surface area contributed by atoms with Gasteiger partial charge in [-0.25, -0.2) is 0 Å². The zero-order valence-corrected chi connectivity index (χ0v) is 11.3. The van der Waals surface area contributed by atoms with Crippen LogP contribution >= 0.6 is 0 Å². The molecule has 5 N–H and O–H groups in total. The fourth-order valence-corrected chi connectivity index (χ4v) is 2.58. The minimum Gasteiger partial charge on any atom is -0.399 e. The summed E-state index contributed by atoms with van der Waals surface area (Å²) < 4.78 is 1.76. The van der Waals surface area contributed by atoms with E-state index < -0.39 is 0 Å². The predicted molar refractivity (Wildman–Crippen MR) is 80.7 cm³/mol. The van der Waals surface area contributed by atoms with Crippen molar-refractivity contribution in [2.45, 2.75) is 19.9 Å². The first-order chi connectivity index (χ1) is 9.63. The number of fused-ring (bicyclic) bond motifs is 3. The second-order valence-electron chi connectivity index (χ2n) is 4.95. The lowest BCUT2D eigenvalue weighted by atomic mass is 10.1. The molecule has 6 nitrogen and oxygen atoms in total. The minimum absolute atomic E-state index is 0.0306. The largest absolute Gasteiger partial charge is 0.399 e. The van der Waals surface area contributed by atoms with Gasteiger partial charge in [0.25, 0.3) is 5.56 Å². The molecular formula is C14H17N5O. The van der Waals surface area contributed by atoms with Crippen molar-refractivity contribution in [1.29, 1.82) is 0 Å². The van der Waals surface area contributed by atoms with Crippen molar-refractivity contribution in [2.75, 3.05) is 12.3 Å². The fourth-order valence-electron chi connectivity index (χ4n) is 2.58. The van der Waals surface area contributed by atoms with Crippen LogP contribution in [0.25, 0.3) is 21.8 Å². The number of nitrogens with one attached hydrogen (secondary N) is 1. The number of pyridine rings is 1. The molecule has 0 spiro atoms. The van der Waals surface area contributed by atoms with Crippen molar-refractivity contribution in [3.8, 4) is 0 Å². The smallest absolute Gasteiger partial charge is 0.262 e. The summed E-state index contributed by atoms with van der Waals surface area (Å²) in [5.74, 6) is 0. The summed E-state index contributed by atoms with van der Waals surface area (Å²) in [6.45, 7) is 2.99. The Morgan fingerprint density at radius 1 is 1.40 bits per heavy atom. The van der Waals surface area contributed by atoms with E-state index in [0.29, 0.717) is 29.7 Å².